The van der Waals surface area contributed by atoms with Crippen molar-refractivity contribution in [1.29, 1.82) is 0 Å². The highest BCUT2D eigenvalue weighted by Gasteiger charge is 2.12. The van der Waals surface area contributed by atoms with Crippen LogP contribution in [0.1, 0.15) is 49.2 Å². The van der Waals surface area contributed by atoms with Gasteiger partial charge in [0.1, 0.15) is 5.82 Å². The zero-order valence-corrected chi connectivity index (χ0v) is 18.4. The lowest BCUT2D eigenvalue weighted by Gasteiger charge is -2.16. The number of methoxy groups -OCH3 is 2. The number of hydrogen-bond acceptors (Lipinski definition) is 6. The van der Waals surface area contributed by atoms with Crippen molar-refractivity contribution in [1.82, 2.24) is 14.9 Å². The molecule has 0 aliphatic carbocycles. The Morgan fingerprint density at radius 2 is 1.83 bits per heavy atom. The van der Waals surface area contributed by atoms with Crippen LogP contribution in [-0.2, 0) is 17.6 Å². The Hall–Kier alpha value is -2.18. The Bertz CT molecular complexity index is 763. The van der Waals surface area contributed by atoms with E-state index in [1.54, 1.807) is 14.2 Å². The molecule has 1 saturated heterocycles. The molecule has 0 N–H and O–H groups in total. The highest BCUT2D eigenvalue weighted by Crippen LogP contribution is 2.29. The van der Waals surface area contributed by atoms with Gasteiger partial charge in [0.2, 0.25) is 0 Å². The van der Waals surface area contributed by atoms with Gasteiger partial charge in [-0.15, -0.1) is 0 Å². The first-order valence-electron chi connectivity index (χ1n) is 11.1. The van der Waals surface area contributed by atoms with Gasteiger partial charge in [0, 0.05) is 38.6 Å². The lowest BCUT2D eigenvalue weighted by Crippen LogP contribution is -2.21. The van der Waals surface area contributed by atoms with Crippen LogP contribution in [0.25, 0.3) is 0 Å². The largest absolute Gasteiger partial charge is 0.493 e. The van der Waals surface area contributed by atoms with Gasteiger partial charge in [-0.05, 0) is 75.4 Å². The van der Waals surface area contributed by atoms with Crippen molar-refractivity contribution in [2.75, 3.05) is 47.1 Å². The highest BCUT2D eigenvalue weighted by molar-refractivity contribution is 5.43. The Morgan fingerprint density at radius 1 is 0.967 bits per heavy atom. The predicted octanol–water partition coefficient (Wildman–Crippen LogP) is 3.91. The van der Waals surface area contributed by atoms with Gasteiger partial charge in [0.05, 0.1) is 13.7 Å². The summed E-state index contributed by atoms with van der Waals surface area (Å²) in [6, 6.07) is 8.09. The van der Waals surface area contributed by atoms with Crippen molar-refractivity contribution >= 4 is 0 Å². The van der Waals surface area contributed by atoms with Crippen LogP contribution in [0.15, 0.2) is 30.5 Å². The third-order valence-electron chi connectivity index (χ3n) is 5.46. The molecule has 2 heterocycles. The summed E-state index contributed by atoms with van der Waals surface area (Å²) in [7, 11) is 3.42. The molecule has 0 spiro atoms. The summed E-state index contributed by atoms with van der Waals surface area (Å²) in [6.45, 7) is 5.05. The minimum atomic E-state index is 0.681. The van der Waals surface area contributed by atoms with Crippen LogP contribution < -0.4 is 9.47 Å². The number of ether oxygens (including phenoxy) is 3. The first-order chi connectivity index (χ1) is 14.8. The van der Waals surface area contributed by atoms with E-state index >= 15 is 0 Å². The number of benzene rings is 1. The van der Waals surface area contributed by atoms with E-state index in [1.165, 1.54) is 25.9 Å². The fourth-order valence-electron chi connectivity index (χ4n) is 3.82. The molecular formula is C24H35N3O3. The average Bonchev–Trinajstić information content (AvgIpc) is 3.28. The summed E-state index contributed by atoms with van der Waals surface area (Å²) in [5, 5.41) is 0. The molecule has 164 valence electrons. The third-order valence-corrected chi connectivity index (χ3v) is 5.46. The number of unbranched alkanes of at least 4 members (excludes halogenated alkanes) is 1. The molecule has 0 unspecified atom stereocenters. The molecule has 0 atom stereocenters. The third kappa shape index (κ3) is 7.26. The van der Waals surface area contributed by atoms with E-state index in [-0.39, 0.29) is 0 Å². The maximum absolute atomic E-state index is 6.06. The second-order valence-corrected chi connectivity index (χ2v) is 7.83. The van der Waals surface area contributed by atoms with Crippen molar-refractivity contribution in [3.63, 3.8) is 0 Å². The molecule has 6 nitrogen and oxygen atoms in total. The molecular weight excluding hydrogens is 378 g/mol. The van der Waals surface area contributed by atoms with E-state index < -0.39 is 0 Å². The van der Waals surface area contributed by atoms with Crippen molar-refractivity contribution in [2.45, 2.75) is 44.9 Å². The number of likely N-dealkylation sites (tertiary alicyclic amines) is 1. The minimum absolute atomic E-state index is 0.681. The summed E-state index contributed by atoms with van der Waals surface area (Å²) in [5.41, 5.74) is 2.21. The van der Waals surface area contributed by atoms with Crippen LogP contribution >= 0.6 is 0 Å². The normalized spacial score (nSPS) is 14.2. The molecule has 1 aliphatic rings. The number of aromatic nitrogens is 2. The van der Waals surface area contributed by atoms with Crippen molar-refractivity contribution in [3.8, 4) is 11.5 Å². The molecule has 3 rings (SSSR count). The first kappa shape index (κ1) is 22.5. The van der Waals surface area contributed by atoms with E-state index in [0.717, 1.165) is 67.4 Å². The molecule has 1 fully saturated rings. The minimum Gasteiger partial charge on any atom is -0.493 e. The van der Waals surface area contributed by atoms with Crippen LogP contribution in [0.2, 0.25) is 0 Å². The van der Waals surface area contributed by atoms with Crippen molar-refractivity contribution in [3.05, 3.63) is 47.5 Å². The zero-order valence-electron chi connectivity index (χ0n) is 18.4. The zero-order chi connectivity index (χ0) is 21.0. The lowest BCUT2D eigenvalue weighted by molar-refractivity contribution is 0.193. The van der Waals surface area contributed by atoms with Gasteiger partial charge in [-0.3, -0.25) is 0 Å². The Balaban J connectivity index is 1.54. The Kier molecular flexibility index (Phi) is 9.38. The van der Waals surface area contributed by atoms with E-state index in [9.17, 15) is 0 Å². The second-order valence-electron chi connectivity index (χ2n) is 7.83. The van der Waals surface area contributed by atoms with Gasteiger partial charge in [-0.25, -0.2) is 9.97 Å². The molecule has 1 aliphatic heterocycles. The summed E-state index contributed by atoms with van der Waals surface area (Å²) in [6.07, 6.45) is 9.29. The molecule has 30 heavy (non-hydrogen) atoms. The number of rotatable bonds is 13. The molecule has 0 amide bonds. The second kappa shape index (κ2) is 12.5. The fourth-order valence-corrected chi connectivity index (χ4v) is 3.82. The van der Waals surface area contributed by atoms with Crippen LogP contribution in [0.3, 0.4) is 0 Å². The summed E-state index contributed by atoms with van der Waals surface area (Å²) in [5.74, 6) is 2.41. The lowest BCUT2D eigenvalue weighted by atomic mass is 10.1. The summed E-state index contributed by atoms with van der Waals surface area (Å²) in [4.78, 5) is 11.7. The maximum Gasteiger partial charge on any atom is 0.161 e. The first-order valence-corrected chi connectivity index (χ1v) is 11.1. The van der Waals surface area contributed by atoms with Crippen molar-refractivity contribution < 1.29 is 14.2 Å². The van der Waals surface area contributed by atoms with Gasteiger partial charge in [0.25, 0.3) is 0 Å². The molecule has 0 saturated carbocycles. The monoisotopic (exact) mass is 413 g/mol. The molecule has 0 bridgehead atoms. The van der Waals surface area contributed by atoms with Gasteiger partial charge in [-0.1, -0.05) is 6.07 Å². The molecule has 0 radical (unpaired) electrons. The number of nitrogens with zero attached hydrogens (tertiary/aromatic N) is 3. The molecule has 1 aromatic heterocycles. The van der Waals surface area contributed by atoms with Crippen LogP contribution in [0.5, 0.6) is 11.5 Å². The average molecular weight is 414 g/mol. The van der Waals surface area contributed by atoms with Gasteiger partial charge < -0.3 is 19.1 Å². The summed E-state index contributed by atoms with van der Waals surface area (Å²) < 4.78 is 16.7. The smallest absolute Gasteiger partial charge is 0.161 e. The topological polar surface area (TPSA) is 56.7 Å². The quantitative estimate of drug-likeness (QED) is 0.464. The van der Waals surface area contributed by atoms with Gasteiger partial charge in [0.15, 0.2) is 11.5 Å². The van der Waals surface area contributed by atoms with E-state index in [4.69, 9.17) is 19.2 Å². The molecule has 6 heteroatoms. The SMILES string of the molecule is COCCCCc1ccnc(Cc2ccc(OC)c(OCCCN3CCCC3)c2)n1. The summed E-state index contributed by atoms with van der Waals surface area (Å²) >= 11 is 0. The van der Waals surface area contributed by atoms with E-state index in [1.807, 2.05) is 18.3 Å². The van der Waals surface area contributed by atoms with Crippen molar-refractivity contribution in [2.24, 2.45) is 0 Å². The molecule has 1 aromatic carbocycles. The van der Waals surface area contributed by atoms with Gasteiger partial charge >= 0.3 is 0 Å². The Labute approximate surface area is 180 Å². The standard InChI is InChI=1S/C24H35N3O3/c1-28-16-6-3-8-21-11-12-25-24(26-21)19-20-9-10-22(29-2)23(18-20)30-17-7-15-27-13-4-5-14-27/h9-12,18H,3-8,13-17,19H2,1-2H3. The number of hydrogen-bond donors (Lipinski definition) is 0. The van der Waals surface area contributed by atoms with Crippen LogP contribution in [-0.4, -0.2) is 61.9 Å². The Morgan fingerprint density at radius 3 is 2.63 bits per heavy atom. The predicted molar refractivity (Wildman–Crippen MR) is 118 cm³/mol. The molecule has 2 aromatic rings. The number of aryl methyl sites for hydroxylation is 1. The van der Waals surface area contributed by atoms with E-state index in [0.29, 0.717) is 13.0 Å². The fraction of sp³-hybridized carbons (Fsp3) is 0.583. The van der Waals surface area contributed by atoms with Crippen LogP contribution in [0, 0.1) is 0 Å². The highest BCUT2D eigenvalue weighted by atomic mass is 16.5. The van der Waals surface area contributed by atoms with E-state index in [2.05, 4.69) is 22.0 Å². The maximum atomic E-state index is 6.06. The van der Waals surface area contributed by atoms with Gasteiger partial charge in [-0.2, -0.15) is 0 Å². The van der Waals surface area contributed by atoms with Crippen LogP contribution in [0.4, 0.5) is 0 Å².